The first-order valence-corrected chi connectivity index (χ1v) is 11.4. The number of sulfone groups is 1. The van der Waals surface area contributed by atoms with Crippen molar-refractivity contribution in [3.8, 4) is 0 Å². The molecule has 29 heavy (non-hydrogen) atoms. The van der Waals surface area contributed by atoms with Gasteiger partial charge in [-0.2, -0.15) is 0 Å². The molecular formula is C19H15BrClFN2O4S. The SMILES string of the molecule is CS(=O)(=O)c1cc(NC(=O)N2C=CC(=O)C[C@H]2c2ccc(F)cc2)c(Br)cc1Cl. The number of nitrogens with one attached hydrogen (secondary N) is 1. The minimum absolute atomic E-state index is 0.0185. The summed E-state index contributed by atoms with van der Waals surface area (Å²) in [6.45, 7) is 0. The van der Waals surface area contributed by atoms with Gasteiger partial charge in [-0.25, -0.2) is 17.6 Å². The molecule has 2 amide bonds. The van der Waals surface area contributed by atoms with Gasteiger partial charge in [0, 0.05) is 23.3 Å². The summed E-state index contributed by atoms with van der Waals surface area (Å²) >= 11 is 9.24. The number of benzene rings is 2. The second-order valence-electron chi connectivity index (χ2n) is 6.43. The van der Waals surface area contributed by atoms with E-state index >= 15 is 0 Å². The maximum absolute atomic E-state index is 13.2. The fourth-order valence-electron chi connectivity index (χ4n) is 2.89. The number of allylic oxidation sites excluding steroid dienone is 1. The molecule has 0 aliphatic carbocycles. The first kappa shape index (κ1) is 21.5. The standard InChI is InChI=1S/C19H15BrClFN2O4S/c1-29(27,28)18-10-16(14(20)9-15(18)21)23-19(26)24-7-6-13(25)8-17(24)11-2-4-12(22)5-3-11/h2-7,9-10,17H,8H2,1H3,(H,23,26)/t17-/m0/s1. The Kier molecular flexibility index (Phi) is 6.11. The molecule has 0 fully saturated rings. The summed E-state index contributed by atoms with van der Waals surface area (Å²) in [5.41, 5.74) is 0.786. The number of carbonyl (C=O) groups excluding carboxylic acids is 2. The van der Waals surface area contributed by atoms with Crippen LogP contribution in [0.4, 0.5) is 14.9 Å². The summed E-state index contributed by atoms with van der Waals surface area (Å²) in [4.78, 5) is 26.0. The van der Waals surface area contributed by atoms with E-state index in [0.29, 0.717) is 10.0 Å². The van der Waals surface area contributed by atoms with Gasteiger partial charge in [0.2, 0.25) is 0 Å². The van der Waals surface area contributed by atoms with Crippen molar-refractivity contribution >= 4 is 54.9 Å². The third-order valence-corrected chi connectivity index (χ3v) is 6.52. The minimum Gasteiger partial charge on any atom is -0.306 e. The fourth-order valence-corrected chi connectivity index (χ4v) is 4.79. The molecule has 0 aromatic heterocycles. The molecule has 1 atom stereocenters. The van der Waals surface area contributed by atoms with Crippen molar-refractivity contribution in [3.05, 3.63) is 69.6 Å². The Morgan fingerprint density at radius 1 is 1.28 bits per heavy atom. The number of urea groups is 1. The third kappa shape index (κ3) is 4.85. The molecule has 3 rings (SSSR count). The van der Waals surface area contributed by atoms with Gasteiger partial charge in [-0.3, -0.25) is 9.69 Å². The predicted molar refractivity (Wildman–Crippen MR) is 111 cm³/mol. The van der Waals surface area contributed by atoms with Gasteiger partial charge in [-0.15, -0.1) is 0 Å². The van der Waals surface area contributed by atoms with Crippen molar-refractivity contribution in [3.63, 3.8) is 0 Å². The van der Waals surface area contributed by atoms with Crippen molar-refractivity contribution in [2.75, 3.05) is 11.6 Å². The summed E-state index contributed by atoms with van der Waals surface area (Å²) < 4.78 is 37.4. The molecule has 0 bridgehead atoms. The zero-order valence-corrected chi connectivity index (χ0v) is 18.2. The van der Waals surface area contributed by atoms with Gasteiger partial charge in [0.05, 0.1) is 21.6 Å². The lowest BCUT2D eigenvalue weighted by Crippen LogP contribution is -2.37. The second kappa shape index (κ2) is 8.25. The molecule has 0 radical (unpaired) electrons. The Labute approximate surface area is 180 Å². The highest BCUT2D eigenvalue weighted by molar-refractivity contribution is 9.10. The van der Waals surface area contributed by atoms with Gasteiger partial charge in [0.15, 0.2) is 15.6 Å². The Bertz CT molecular complexity index is 1120. The second-order valence-corrected chi connectivity index (χ2v) is 9.67. The van der Waals surface area contributed by atoms with Gasteiger partial charge in [0.25, 0.3) is 0 Å². The van der Waals surface area contributed by atoms with Crippen molar-refractivity contribution in [2.45, 2.75) is 17.4 Å². The van der Waals surface area contributed by atoms with Gasteiger partial charge in [-0.05, 0) is 51.8 Å². The van der Waals surface area contributed by atoms with Crippen molar-refractivity contribution in [2.24, 2.45) is 0 Å². The van der Waals surface area contributed by atoms with Crippen LogP contribution in [0.15, 0.2) is 58.0 Å². The van der Waals surface area contributed by atoms with Gasteiger partial charge < -0.3 is 5.32 Å². The summed E-state index contributed by atoms with van der Waals surface area (Å²) in [6, 6.07) is 6.93. The normalized spacial score (nSPS) is 16.8. The number of hydrogen-bond donors (Lipinski definition) is 1. The summed E-state index contributed by atoms with van der Waals surface area (Å²) in [5.74, 6) is -0.601. The number of anilines is 1. The summed E-state index contributed by atoms with van der Waals surface area (Å²) in [7, 11) is -3.61. The van der Waals surface area contributed by atoms with Gasteiger partial charge >= 0.3 is 6.03 Å². The summed E-state index contributed by atoms with van der Waals surface area (Å²) in [6.07, 6.45) is 3.66. The molecule has 1 aliphatic heterocycles. The Morgan fingerprint density at radius 2 is 1.93 bits per heavy atom. The van der Waals surface area contributed by atoms with E-state index in [1.807, 2.05) is 0 Å². The average Bonchev–Trinajstić information content (AvgIpc) is 2.63. The number of ketones is 1. The highest BCUT2D eigenvalue weighted by Gasteiger charge is 2.29. The van der Waals surface area contributed by atoms with E-state index in [9.17, 15) is 22.4 Å². The van der Waals surface area contributed by atoms with Crippen molar-refractivity contribution < 1.29 is 22.4 Å². The van der Waals surface area contributed by atoms with Crippen molar-refractivity contribution in [1.29, 1.82) is 0 Å². The predicted octanol–water partition coefficient (Wildman–Crippen LogP) is 4.71. The monoisotopic (exact) mass is 500 g/mol. The molecule has 2 aromatic carbocycles. The van der Waals surface area contributed by atoms with Crippen LogP contribution >= 0.6 is 27.5 Å². The number of halogens is 3. The molecule has 1 aliphatic rings. The molecule has 152 valence electrons. The number of nitrogens with zero attached hydrogens (tertiary/aromatic N) is 1. The first-order valence-electron chi connectivity index (χ1n) is 8.31. The quantitative estimate of drug-likeness (QED) is 0.660. The number of carbonyl (C=O) groups is 2. The van der Waals surface area contributed by atoms with E-state index in [4.69, 9.17) is 11.6 Å². The lowest BCUT2D eigenvalue weighted by Gasteiger charge is -2.31. The highest BCUT2D eigenvalue weighted by atomic mass is 79.9. The Hall–Kier alpha value is -2.23. The maximum Gasteiger partial charge on any atom is 0.326 e. The van der Waals surface area contributed by atoms with Crippen LogP contribution in [0.5, 0.6) is 0 Å². The number of rotatable bonds is 3. The van der Waals surface area contributed by atoms with Crippen LogP contribution in [-0.4, -0.2) is 31.4 Å². The van der Waals surface area contributed by atoms with Crippen LogP contribution in [0.2, 0.25) is 5.02 Å². The lowest BCUT2D eigenvalue weighted by atomic mass is 9.97. The van der Waals surface area contributed by atoms with Crippen LogP contribution in [0.25, 0.3) is 0 Å². The molecule has 0 saturated heterocycles. The van der Waals surface area contributed by atoms with Crippen LogP contribution in [0.1, 0.15) is 18.0 Å². The third-order valence-electron chi connectivity index (χ3n) is 4.30. The van der Waals surface area contributed by atoms with Crippen LogP contribution in [0.3, 0.4) is 0 Å². The maximum atomic E-state index is 13.2. The zero-order valence-electron chi connectivity index (χ0n) is 15.0. The van der Waals surface area contributed by atoms with E-state index < -0.39 is 27.7 Å². The molecule has 2 aromatic rings. The van der Waals surface area contributed by atoms with Gasteiger partial charge in [0.1, 0.15) is 5.82 Å². The van der Waals surface area contributed by atoms with E-state index in [1.165, 1.54) is 53.6 Å². The van der Waals surface area contributed by atoms with E-state index in [1.54, 1.807) is 0 Å². The Balaban J connectivity index is 1.93. The molecular weight excluding hydrogens is 487 g/mol. The topological polar surface area (TPSA) is 83.6 Å². The molecule has 1 heterocycles. The van der Waals surface area contributed by atoms with Crippen LogP contribution < -0.4 is 5.32 Å². The van der Waals surface area contributed by atoms with Crippen LogP contribution in [0, 0.1) is 5.82 Å². The zero-order chi connectivity index (χ0) is 21.3. The molecule has 0 unspecified atom stereocenters. The van der Waals surface area contributed by atoms with Gasteiger partial charge in [-0.1, -0.05) is 23.7 Å². The molecule has 10 heteroatoms. The summed E-state index contributed by atoms with van der Waals surface area (Å²) in [5, 5.41) is 2.64. The average molecular weight is 502 g/mol. The minimum atomic E-state index is -3.61. The highest BCUT2D eigenvalue weighted by Crippen LogP contribution is 2.34. The molecule has 0 saturated carbocycles. The largest absolute Gasteiger partial charge is 0.326 e. The number of amides is 2. The number of hydrogen-bond acceptors (Lipinski definition) is 4. The Morgan fingerprint density at radius 3 is 2.55 bits per heavy atom. The van der Waals surface area contributed by atoms with E-state index in [-0.39, 0.29) is 27.8 Å². The first-order chi connectivity index (χ1) is 13.6. The fraction of sp³-hybridized carbons (Fsp3) is 0.158. The van der Waals surface area contributed by atoms with Crippen LogP contribution in [-0.2, 0) is 14.6 Å². The molecule has 6 nitrogen and oxygen atoms in total. The lowest BCUT2D eigenvalue weighted by molar-refractivity contribution is -0.116. The van der Waals surface area contributed by atoms with Crippen molar-refractivity contribution in [1.82, 2.24) is 4.90 Å². The van der Waals surface area contributed by atoms with E-state index in [2.05, 4.69) is 21.2 Å². The smallest absolute Gasteiger partial charge is 0.306 e. The molecule has 1 N–H and O–H groups in total. The molecule has 0 spiro atoms. The van der Waals surface area contributed by atoms with E-state index in [0.717, 1.165) is 6.26 Å².